The zero-order chi connectivity index (χ0) is 15.9. The highest BCUT2D eigenvalue weighted by atomic mass is 32.1. The molecule has 0 radical (unpaired) electrons. The third-order valence-electron chi connectivity index (χ3n) is 3.06. The number of nitrogens with zero attached hydrogens (tertiary/aromatic N) is 1. The molecule has 0 aliphatic rings. The van der Waals surface area contributed by atoms with Gasteiger partial charge in [0.15, 0.2) is 5.11 Å². The molecule has 0 fully saturated rings. The molecule has 5 heteroatoms. The smallest absolute Gasteiger partial charge is 0.187 e. The second-order valence-corrected chi connectivity index (χ2v) is 5.32. The molecule has 2 aromatic rings. The van der Waals surface area contributed by atoms with Crippen LogP contribution in [0.1, 0.15) is 12.5 Å². The van der Waals surface area contributed by atoms with Crippen LogP contribution in [-0.2, 0) is 0 Å². The van der Waals surface area contributed by atoms with Crippen LogP contribution in [0.5, 0.6) is 5.75 Å². The van der Waals surface area contributed by atoms with Crippen LogP contribution in [0.4, 0.5) is 0 Å². The first kappa shape index (κ1) is 16.0. The summed E-state index contributed by atoms with van der Waals surface area (Å²) in [5.74, 6) is 0.769. The Morgan fingerprint density at radius 1 is 1.32 bits per heavy atom. The molecule has 2 aromatic carbocycles. The highest BCUT2D eigenvalue weighted by molar-refractivity contribution is 7.80. The predicted octanol–water partition coefficient (Wildman–Crippen LogP) is 3.22. The Balaban J connectivity index is 2.17. The number of hydrogen-bond donors (Lipinski definition) is 2. The van der Waals surface area contributed by atoms with Crippen LogP contribution in [0.2, 0.25) is 0 Å². The van der Waals surface area contributed by atoms with E-state index in [9.17, 15) is 0 Å². The van der Waals surface area contributed by atoms with E-state index in [1.807, 2.05) is 37.3 Å². The third-order valence-corrected chi connectivity index (χ3v) is 3.30. The van der Waals surface area contributed by atoms with Gasteiger partial charge in [0.05, 0.1) is 13.3 Å². The molecule has 0 saturated heterocycles. The fraction of sp³-hybridized carbons (Fsp3) is 0.176. The van der Waals surface area contributed by atoms with Gasteiger partial charge in [0, 0.05) is 12.1 Å². The highest BCUT2D eigenvalue weighted by Gasteiger charge is 2.05. The fourth-order valence-electron chi connectivity index (χ4n) is 2.01. The first-order chi connectivity index (χ1) is 10.6. The summed E-state index contributed by atoms with van der Waals surface area (Å²) < 4.78 is 5.41. The summed E-state index contributed by atoms with van der Waals surface area (Å²) in [7, 11) is 1.65. The number of fused-ring (bicyclic) bond motifs is 1. The van der Waals surface area contributed by atoms with Gasteiger partial charge in [-0.15, -0.1) is 0 Å². The van der Waals surface area contributed by atoms with E-state index in [0.29, 0.717) is 11.7 Å². The molecule has 0 spiro atoms. The van der Waals surface area contributed by atoms with Crippen molar-refractivity contribution >= 4 is 34.3 Å². The maximum Gasteiger partial charge on any atom is 0.187 e. The largest absolute Gasteiger partial charge is 0.496 e. The van der Waals surface area contributed by atoms with Gasteiger partial charge in [-0.1, -0.05) is 42.5 Å². The van der Waals surface area contributed by atoms with Crippen LogP contribution in [0.15, 0.2) is 53.7 Å². The van der Waals surface area contributed by atoms with Crippen molar-refractivity contribution < 1.29 is 4.74 Å². The standard InChI is InChI=1S/C17H19N3OS/c1-12(2)10-18-17(22)20-19-11-15-14-7-5-4-6-13(14)8-9-16(15)21-3/h4-9,11H,1,10H2,2-3H3,(H2,18,20,22)/b19-11-. The lowest BCUT2D eigenvalue weighted by Gasteiger charge is -2.09. The van der Waals surface area contributed by atoms with Crippen LogP contribution in [0, 0.1) is 0 Å². The Kier molecular flexibility index (Phi) is 5.49. The Bertz CT molecular complexity index is 725. The van der Waals surface area contributed by atoms with Gasteiger partial charge in [-0.25, -0.2) is 0 Å². The summed E-state index contributed by atoms with van der Waals surface area (Å²) in [6, 6.07) is 12.0. The number of ether oxygens (including phenoxy) is 1. The van der Waals surface area contributed by atoms with E-state index in [1.54, 1.807) is 13.3 Å². The number of methoxy groups -OCH3 is 1. The zero-order valence-electron chi connectivity index (χ0n) is 12.7. The van der Waals surface area contributed by atoms with Crippen molar-refractivity contribution in [1.29, 1.82) is 0 Å². The number of hydrogen-bond acceptors (Lipinski definition) is 3. The first-order valence-electron chi connectivity index (χ1n) is 6.89. The van der Waals surface area contributed by atoms with E-state index in [1.165, 1.54) is 0 Å². The second kappa shape index (κ2) is 7.56. The molecule has 0 saturated carbocycles. The summed E-state index contributed by atoms with van der Waals surface area (Å²) in [5, 5.41) is 9.87. The quantitative estimate of drug-likeness (QED) is 0.385. The second-order valence-electron chi connectivity index (χ2n) is 4.91. The maximum absolute atomic E-state index is 5.41. The van der Waals surface area contributed by atoms with E-state index in [4.69, 9.17) is 17.0 Å². The molecular weight excluding hydrogens is 294 g/mol. The monoisotopic (exact) mass is 313 g/mol. The van der Waals surface area contributed by atoms with E-state index < -0.39 is 0 Å². The average molecular weight is 313 g/mol. The number of nitrogens with one attached hydrogen (secondary N) is 2. The van der Waals surface area contributed by atoms with Gasteiger partial charge in [-0.2, -0.15) is 5.10 Å². The molecule has 0 atom stereocenters. The molecule has 2 N–H and O–H groups in total. The Morgan fingerprint density at radius 3 is 2.82 bits per heavy atom. The van der Waals surface area contributed by atoms with Gasteiger partial charge in [0.1, 0.15) is 5.75 Å². The molecule has 0 aliphatic heterocycles. The van der Waals surface area contributed by atoms with Gasteiger partial charge in [0.2, 0.25) is 0 Å². The molecule has 4 nitrogen and oxygen atoms in total. The lowest BCUT2D eigenvalue weighted by atomic mass is 10.0. The molecule has 0 aromatic heterocycles. The van der Waals surface area contributed by atoms with Crippen molar-refractivity contribution in [2.75, 3.05) is 13.7 Å². The van der Waals surface area contributed by atoms with E-state index in [-0.39, 0.29) is 0 Å². The molecule has 0 aliphatic carbocycles. The molecule has 114 valence electrons. The Labute approximate surface area is 135 Å². The van der Waals surface area contributed by atoms with Gasteiger partial charge in [-0.05, 0) is 36.0 Å². The fourth-order valence-corrected chi connectivity index (χ4v) is 2.14. The minimum atomic E-state index is 0.457. The van der Waals surface area contributed by atoms with E-state index in [0.717, 1.165) is 27.7 Å². The van der Waals surface area contributed by atoms with Crippen molar-refractivity contribution in [2.45, 2.75) is 6.92 Å². The van der Waals surface area contributed by atoms with Gasteiger partial charge in [-0.3, -0.25) is 5.43 Å². The lowest BCUT2D eigenvalue weighted by Crippen LogP contribution is -2.32. The minimum absolute atomic E-state index is 0.457. The number of thiocarbonyl (C=S) groups is 1. The lowest BCUT2D eigenvalue weighted by molar-refractivity contribution is 0.415. The molecule has 0 unspecified atom stereocenters. The highest BCUT2D eigenvalue weighted by Crippen LogP contribution is 2.26. The van der Waals surface area contributed by atoms with Crippen molar-refractivity contribution in [1.82, 2.24) is 10.7 Å². The maximum atomic E-state index is 5.41. The first-order valence-corrected chi connectivity index (χ1v) is 7.29. The van der Waals surface area contributed by atoms with Crippen LogP contribution in [0.25, 0.3) is 10.8 Å². The molecule has 0 heterocycles. The van der Waals surface area contributed by atoms with Crippen LogP contribution in [0.3, 0.4) is 0 Å². The SMILES string of the molecule is C=C(C)CNC(=S)N/N=C\c1c(OC)ccc2ccccc12. The van der Waals surface area contributed by atoms with E-state index >= 15 is 0 Å². The van der Waals surface area contributed by atoms with Gasteiger partial charge < -0.3 is 10.1 Å². The molecule has 22 heavy (non-hydrogen) atoms. The van der Waals surface area contributed by atoms with Gasteiger partial charge >= 0.3 is 0 Å². The molecular formula is C17H19N3OS. The number of hydrazone groups is 1. The Hall–Kier alpha value is -2.40. The average Bonchev–Trinajstić information content (AvgIpc) is 2.53. The summed E-state index contributed by atoms with van der Waals surface area (Å²) in [6.45, 7) is 6.36. The van der Waals surface area contributed by atoms with Crippen molar-refractivity contribution in [3.05, 3.63) is 54.1 Å². The molecule has 0 bridgehead atoms. The van der Waals surface area contributed by atoms with Crippen LogP contribution >= 0.6 is 12.2 Å². The van der Waals surface area contributed by atoms with Crippen molar-refractivity contribution in [2.24, 2.45) is 5.10 Å². The number of benzene rings is 2. The molecule has 0 amide bonds. The zero-order valence-corrected chi connectivity index (χ0v) is 13.5. The minimum Gasteiger partial charge on any atom is -0.496 e. The Morgan fingerprint density at radius 2 is 2.09 bits per heavy atom. The molecule has 2 rings (SSSR count). The summed E-state index contributed by atoms with van der Waals surface area (Å²) >= 11 is 5.14. The number of rotatable bonds is 5. The van der Waals surface area contributed by atoms with Crippen molar-refractivity contribution in [3.8, 4) is 5.75 Å². The van der Waals surface area contributed by atoms with Crippen LogP contribution in [-0.4, -0.2) is 25.0 Å². The van der Waals surface area contributed by atoms with Crippen LogP contribution < -0.4 is 15.5 Å². The summed E-state index contributed by atoms with van der Waals surface area (Å²) in [6.07, 6.45) is 1.72. The predicted molar refractivity (Wildman–Crippen MR) is 96.6 cm³/mol. The third kappa shape index (κ3) is 4.05. The summed E-state index contributed by atoms with van der Waals surface area (Å²) in [5.41, 5.74) is 4.71. The normalized spacial score (nSPS) is 10.6. The summed E-state index contributed by atoms with van der Waals surface area (Å²) in [4.78, 5) is 0. The van der Waals surface area contributed by atoms with Gasteiger partial charge in [0.25, 0.3) is 0 Å². The van der Waals surface area contributed by atoms with Crippen molar-refractivity contribution in [3.63, 3.8) is 0 Å². The topological polar surface area (TPSA) is 45.7 Å². The van der Waals surface area contributed by atoms with E-state index in [2.05, 4.69) is 28.5 Å².